The second-order valence-corrected chi connectivity index (χ2v) is 8.96. The number of fused-ring (bicyclic) bond motifs is 10. The Labute approximate surface area is 175 Å². The van der Waals surface area contributed by atoms with Gasteiger partial charge in [-0.25, -0.2) is 0 Å². The van der Waals surface area contributed by atoms with E-state index in [4.69, 9.17) is 0 Å². The summed E-state index contributed by atoms with van der Waals surface area (Å²) in [6.45, 7) is 0. The maximum Gasteiger partial charge on any atom is 0.0726 e. The van der Waals surface area contributed by atoms with Gasteiger partial charge in [0.2, 0.25) is 0 Å². The molecule has 0 aromatic heterocycles. The van der Waals surface area contributed by atoms with E-state index in [9.17, 15) is 0 Å². The highest BCUT2D eigenvalue weighted by Crippen LogP contribution is 2.63. The molecule has 0 nitrogen and oxygen atoms in total. The summed E-state index contributed by atoms with van der Waals surface area (Å²) in [5.74, 6) is 0. The predicted molar refractivity (Wildman–Crippen MR) is 118 cm³/mol. The first kappa shape index (κ1) is 15.9. The van der Waals surface area contributed by atoms with Crippen molar-refractivity contribution in [3.05, 3.63) is 116 Å². The molecule has 1 atom stereocenters. The standard InChI is InChI=1S/C25H14Br2/c26-15-12-13-17-16-6-1-3-8-19(16)25(22(17)14-15)20-9-4-2-7-18(20)24-21(25)10-5-11-23(24)27/h1-14H. The van der Waals surface area contributed by atoms with Gasteiger partial charge in [0.1, 0.15) is 0 Å². The highest BCUT2D eigenvalue weighted by Gasteiger charge is 2.51. The van der Waals surface area contributed by atoms with Gasteiger partial charge in [0.25, 0.3) is 0 Å². The van der Waals surface area contributed by atoms with Gasteiger partial charge in [-0.1, -0.05) is 98.6 Å². The maximum atomic E-state index is 3.83. The SMILES string of the molecule is Brc1ccc2c(c1)C1(c3ccccc3-2)c2ccccc2-c2c(Br)cccc21. The Bertz CT molecular complexity index is 1250. The average molecular weight is 474 g/mol. The van der Waals surface area contributed by atoms with Crippen LogP contribution < -0.4 is 0 Å². The van der Waals surface area contributed by atoms with Crippen LogP contribution in [0.5, 0.6) is 0 Å². The van der Waals surface area contributed by atoms with Crippen molar-refractivity contribution in [2.24, 2.45) is 0 Å². The van der Waals surface area contributed by atoms with Crippen LogP contribution in [-0.2, 0) is 5.41 Å². The van der Waals surface area contributed by atoms with E-state index in [-0.39, 0.29) is 5.41 Å². The summed E-state index contributed by atoms with van der Waals surface area (Å²) in [4.78, 5) is 0. The van der Waals surface area contributed by atoms with Gasteiger partial charge in [-0.05, 0) is 57.1 Å². The predicted octanol–water partition coefficient (Wildman–Crippen LogP) is 7.56. The van der Waals surface area contributed by atoms with Crippen molar-refractivity contribution in [1.29, 1.82) is 0 Å². The van der Waals surface area contributed by atoms with Crippen molar-refractivity contribution in [3.63, 3.8) is 0 Å². The summed E-state index contributed by atoms with van der Waals surface area (Å²) in [5.41, 5.74) is 10.5. The molecule has 4 aromatic rings. The van der Waals surface area contributed by atoms with Gasteiger partial charge in [-0.15, -0.1) is 0 Å². The summed E-state index contributed by atoms with van der Waals surface area (Å²) in [5, 5.41) is 0. The van der Waals surface area contributed by atoms with Crippen LogP contribution in [0.15, 0.2) is 93.9 Å². The summed E-state index contributed by atoms with van der Waals surface area (Å²) in [7, 11) is 0. The molecule has 0 bridgehead atoms. The van der Waals surface area contributed by atoms with Crippen molar-refractivity contribution in [2.45, 2.75) is 5.41 Å². The minimum Gasteiger partial charge on any atom is -0.0619 e. The van der Waals surface area contributed by atoms with Crippen molar-refractivity contribution in [3.8, 4) is 22.3 Å². The fraction of sp³-hybridized carbons (Fsp3) is 0.0400. The van der Waals surface area contributed by atoms with Gasteiger partial charge in [0.05, 0.1) is 5.41 Å². The van der Waals surface area contributed by atoms with E-state index in [1.807, 2.05) is 0 Å². The number of halogens is 2. The molecular formula is C25H14Br2. The van der Waals surface area contributed by atoms with E-state index in [0.29, 0.717) is 0 Å². The Hall–Kier alpha value is -2.16. The monoisotopic (exact) mass is 472 g/mol. The van der Waals surface area contributed by atoms with Crippen LogP contribution >= 0.6 is 31.9 Å². The van der Waals surface area contributed by atoms with Crippen LogP contribution in [0.1, 0.15) is 22.3 Å². The van der Waals surface area contributed by atoms with Gasteiger partial charge < -0.3 is 0 Å². The van der Waals surface area contributed by atoms with E-state index < -0.39 is 0 Å². The van der Waals surface area contributed by atoms with Crippen LogP contribution in [0.2, 0.25) is 0 Å². The van der Waals surface area contributed by atoms with Crippen LogP contribution in [0.4, 0.5) is 0 Å². The number of rotatable bonds is 0. The van der Waals surface area contributed by atoms with Crippen LogP contribution in [0.25, 0.3) is 22.3 Å². The Kier molecular flexibility index (Phi) is 3.19. The van der Waals surface area contributed by atoms with Gasteiger partial charge >= 0.3 is 0 Å². The Morgan fingerprint density at radius 3 is 1.96 bits per heavy atom. The van der Waals surface area contributed by atoms with Gasteiger partial charge in [0.15, 0.2) is 0 Å². The number of hydrogen-bond acceptors (Lipinski definition) is 0. The first-order valence-corrected chi connectivity index (χ1v) is 10.6. The lowest BCUT2D eigenvalue weighted by Gasteiger charge is -2.30. The summed E-state index contributed by atoms with van der Waals surface area (Å²) >= 11 is 7.56. The molecule has 0 saturated heterocycles. The molecule has 2 aliphatic carbocycles. The van der Waals surface area contributed by atoms with Crippen molar-refractivity contribution in [1.82, 2.24) is 0 Å². The zero-order valence-corrected chi connectivity index (χ0v) is 17.5. The molecule has 1 unspecified atom stereocenters. The lowest BCUT2D eigenvalue weighted by molar-refractivity contribution is 0.793. The molecule has 0 amide bonds. The minimum atomic E-state index is -0.259. The Morgan fingerprint density at radius 2 is 1.15 bits per heavy atom. The third kappa shape index (κ3) is 1.83. The molecule has 0 N–H and O–H groups in total. The lowest BCUT2D eigenvalue weighted by atomic mass is 9.70. The molecule has 6 rings (SSSR count). The molecular weight excluding hydrogens is 460 g/mol. The molecule has 1 spiro atoms. The third-order valence-electron chi connectivity index (χ3n) is 6.02. The van der Waals surface area contributed by atoms with Gasteiger partial charge in [-0.2, -0.15) is 0 Å². The van der Waals surface area contributed by atoms with Crippen molar-refractivity contribution < 1.29 is 0 Å². The zero-order valence-electron chi connectivity index (χ0n) is 14.3. The summed E-state index contributed by atoms with van der Waals surface area (Å²) in [6, 6.07) is 31.1. The van der Waals surface area contributed by atoms with E-state index in [1.165, 1.54) is 44.5 Å². The lowest BCUT2D eigenvalue weighted by Crippen LogP contribution is -2.25. The van der Waals surface area contributed by atoms with E-state index >= 15 is 0 Å². The molecule has 0 heterocycles. The van der Waals surface area contributed by atoms with E-state index in [0.717, 1.165) is 8.95 Å². The quantitative estimate of drug-likeness (QED) is 0.213. The van der Waals surface area contributed by atoms with Crippen molar-refractivity contribution >= 4 is 31.9 Å². The van der Waals surface area contributed by atoms with Crippen LogP contribution in [0, 0.1) is 0 Å². The highest BCUT2D eigenvalue weighted by atomic mass is 79.9. The molecule has 4 aromatic carbocycles. The minimum absolute atomic E-state index is 0.259. The third-order valence-corrected chi connectivity index (χ3v) is 7.18. The Balaban J connectivity index is 1.89. The van der Waals surface area contributed by atoms with Gasteiger partial charge in [-0.3, -0.25) is 0 Å². The Morgan fingerprint density at radius 1 is 0.519 bits per heavy atom. The van der Waals surface area contributed by atoms with E-state index in [1.54, 1.807) is 0 Å². The van der Waals surface area contributed by atoms with E-state index in [2.05, 4.69) is 117 Å². The summed E-state index contributed by atoms with van der Waals surface area (Å²) in [6.07, 6.45) is 0. The second-order valence-electron chi connectivity index (χ2n) is 7.19. The zero-order chi connectivity index (χ0) is 18.2. The van der Waals surface area contributed by atoms with Gasteiger partial charge in [0, 0.05) is 14.5 Å². The molecule has 0 radical (unpaired) electrons. The molecule has 0 aliphatic heterocycles. The second kappa shape index (κ2) is 5.43. The number of hydrogen-bond donors (Lipinski definition) is 0. The molecule has 2 aliphatic rings. The van der Waals surface area contributed by atoms with Crippen LogP contribution in [-0.4, -0.2) is 0 Å². The fourth-order valence-electron chi connectivity index (χ4n) is 5.12. The smallest absolute Gasteiger partial charge is 0.0619 e. The normalized spacial score (nSPS) is 18.1. The molecule has 128 valence electrons. The largest absolute Gasteiger partial charge is 0.0726 e. The highest BCUT2D eigenvalue weighted by molar-refractivity contribution is 9.10. The van der Waals surface area contributed by atoms with Crippen LogP contribution in [0.3, 0.4) is 0 Å². The first-order chi connectivity index (χ1) is 13.2. The molecule has 0 saturated carbocycles. The molecule has 0 fully saturated rings. The topological polar surface area (TPSA) is 0 Å². The molecule has 2 heteroatoms. The first-order valence-electron chi connectivity index (χ1n) is 9.01. The fourth-order valence-corrected chi connectivity index (χ4v) is 6.06. The van der Waals surface area contributed by atoms with Crippen molar-refractivity contribution in [2.75, 3.05) is 0 Å². The summed E-state index contributed by atoms with van der Waals surface area (Å²) < 4.78 is 2.28. The molecule has 27 heavy (non-hydrogen) atoms. The number of benzene rings is 4. The average Bonchev–Trinajstić information content (AvgIpc) is 3.15. The maximum absolute atomic E-state index is 3.83.